The van der Waals surface area contributed by atoms with E-state index in [9.17, 15) is 25.9 Å². The zero-order chi connectivity index (χ0) is 23.7. The lowest BCUT2D eigenvalue weighted by Crippen LogP contribution is -2.42. The molecule has 0 fully saturated rings. The number of hydrogen-bond donors (Lipinski definition) is 2. The maximum Gasteiger partial charge on any atom is 0.298 e. The van der Waals surface area contributed by atoms with Crippen LogP contribution in [0.1, 0.15) is 0 Å². The van der Waals surface area contributed by atoms with Gasteiger partial charge in [-0.05, 0) is 48.5 Å². The maximum atomic E-state index is 12.5. The first-order chi connectivity index (χ1) is 15.7. The quantitative estimate of drug-likeness (QED) is 0.312. The summed E-state index contributed by atoms with van der Waals surface area (Å²) in [5.41, 5.74) is 0. The Morgan fingerprint density at radius 1 is 0.455 bits per heavy atom. The molecular weight excluding hydrogens is 479 g/mol. The second-order valence-electron chi connectivity index (χ2n) is 7.23. The lowest BCUT2D eigenvalue weighted by atomic mass is 10.3. The third-order valence-corrected chi connectivity index (χ3v) is 11.8. The van der Waals surface area contributed by atoms with Gasteiger partial charge in [-0.15, -0.1) is 0 Å². The zero-order valence-corrected chi connectivity index (χ0v) is 19.7. The summed E-state index contributed by atoms with van der Waals surface area (Å²) in [4.78, 5) is -0.646. The highest BCUT2D eigenvalue weighted by molar-refractivity contribution is 8.03. The van der Waals surface area contributed by atoms with Crippen LogP contribution in [0.2, 0.25) is 0 Å². The van der Waals surface area contributed by atoms with E-state index < -0.39 is 27.5 Å². The summed E-state index contributed by atoms with van der Waals surface area (Å²) in [6.45, 7) is 0. The van der Waals surface area contributed by atoms with Gasteiger partial charge in [0.15, 0.2) is 0 Å². The van der Waals surface area contributed by atoms with Crippen LogP contribution in [0.5, 0.6) is 0 Å². The minimum absolute atomic E-state index is 0.251. The average Bonchev–Trinajstić information content (AvgIpc) is 2.80. The molecule has 2 N–H and O–H groups in total. The van der Waals surface area contributed by atoms with Gasteiger partial charge in [0.1, 0.15) is 38.3 Å². The van der Waals surface area contributed by atoms with E-state index >= 15 is 0 Å². The van der Waals surface area contributed by atoms with Crippen molar-refractivity contribution in [3.63, 3.8) is 0 Å². The van der Waals surface area contributed by atoms with Crippen molar-refractivity contribution < 1.29 is 25.9 Å². The lowest BCUT2D eigenvalue weighted by molar-refractivity contribution is 0.482. The smallest absolute Gasteiger partial charge is 0.282 e. The van der Waals surface area contributed by atoms with Gasteiger partial charge in [0.05, 0.1) is 0 Å². The van der Waals surface area contributed by atoms with Crippen molar-refractivity contribution in [2.75, 3.05) is 0 Å². The second-order valence-corrected chi connectivity index (χ2v) is 13.3. The van der Waals surface area contributed by atoms with Crippen LogP contribution in [0.25, 0.3) is 0 Å². The summed E-state index contributed by atoms with van der Waals surface area (Å²) >= 11 is 0. The Bertz CT molecular complexity index is 1390. The van der Waals surface area contributed by atoms with Crippen molar-refractivity contribution in [2.45, 2.75) is 9.79 Å². The summed E-state index contributed by atoms with van der Waals surface area (Å²) in [6.07, 6.45) is 0. The molecule has 9 heteroatoms. The minimum atomic E-state index is -4.67. The van der Waals surface area contributed by atoms with E-state index in [0.717, 1.165) is 0 Å². The summed E-state index contributed by atoms with van der Waals surface area (Å²) in [5, 5.41) is 1.81. The molecule has 0 unspecified atom stereocenters. The molecule has 4 aromatic carbocycles. The van der Waals surface area contributed by atoms with Crippen LogP contribution in [-0.2, 0) is 20.2 Å². The normalized spacial score (nSPS) is 12.4. The fraction of sp³-hybridized carbons (Fsp3) is 0. The average molecular weight is 500 g/mol. The molecule has 0 amide bonds. The molecule has 0 saturated carbocycles. The summed E-state index contributed by atoms with van der Waals surface area (Å²) < 4.78 is 70.2. The highest BCUT2D eigenvalue weighted by Gasteiger charge is 2.53. The molecule has 0 saturated heterocycles. The lowest BCUT2D eigenvalue weighted by Gasteiger charge is -2.29. The molecule has 0 aliphatic heterocycles. The van der Waals surface area contributed by atoms with E-state index in [1.807, 2.05) is 0 Å². The fourth-order valence-electron chi connectivity index (χ4n) is 4.04. The zero-order valence-electron chi connectivity index (χ0n) is 17.2. The molecule has 4 aromatic rings. The van der Waals surface area contributed by atoms with Crippen LogP contribution in [0.4, 0.5) is 0 Å². The topological polar surface area (TPSA) is 109 Å². The molecule has 168 valence electrons. The largest absolute Gasteiger partial charge is 0.298 e. The van der Waals surface area contributed by atoms with Gasteiger partial charge in [-0.3, -0.25) is 9.11 Å². The first-order valence-electron chi connectivity index (χ1n) is 9.81. The molecule has 0 atom stereocenters. The van der Waals surface area contributed by atoms with Gasteiger partial charge in [-0.2, -0.15) is 16.8 Å². The third-order valence-electron chi connectivity index (χ3n) is 5.30. The minimum Gasteiger partial charge on any atom is -0.282 e. The van der Waals surface area contributed by atoms with E-state index in [4.69, 9.17) is 0 Å². The van der Waals surface area contributed by atoms with E-state index in [0.29, 0.717) is 10.6 Å². The maximum absolute atomic E-state index is 12.5. The highest BCUT2D eigenvalue weighted by atomic mass is 32.2. The van der Waals surface area contributed by atoms with Crippen molar-refractivity contribution in [1.82, 2.24) is 0 Å². The molecule has 33 heavy (non-hydrogen) atoms. The van der Waals surface area contributed by atoms with Gasteiger partial charge in [-0.1, -0.05) is 60.7 Å². The molecule has 0 aliphatic rings. The first-order valence-corrected chi connectivity index (χ1v) is 14.5. The van der Waals surface area contributed by atoms with Crippen molar-refractivity contribution in [2.24, 2.45) is 0 Å². The Hall–Kier alpha value is -2.87. The van der Waals surface area contributed by atoms with Crippen LogP contribution in [-0.4, -0.2) is 25.9 Å². The molecule has 0 radical (unpaired) electrons. The van der Waals surface area contributed by atoms with Crippen LogP contribution in [0, 0.1) is 0 Å². The van der Waals surface area contributed by atoms with E-state index in [-0.39, 0.29) is 20.4 Å². The molecule has 0 aromatic heterocycles. The molecule has 0 aliphatic carbocycles. The molecule has 0 heterocycles. The van der Waals surface area contributed by atoms with Crippen LogP contribution < -0.4 is 21.2 Å². The predicted molar refractivity (Wildman–Crippen MR) is 131 cm³/mol. The van der Waals surface area contributed by atoms with Crippen molar-refractivity contribution in [3.05, 3.63) is 109 Å². The Balaban J connectivity index is 2.33. The van der Waals surface area contributed by atoms with Crippen molar-refractivity contribution in [1.29, 1.82) is 0 Å². The second kappa shape index (κ2) is 8.82. The van der Waals surface area contributed by atoms with E-state index in [1.165, 1.54) is 24.3 Å². The van der Waals surface area contributed by atoms with Gasteiger partial charge in [-0.25, -0.2) is 0 Å². The third kappa shape index (κ3) is 4.24. The van der Waals surface area contributed by atoms with Crippen LogP contribution in [0.3, 0.4) is 0 Å². The molecule has 6 nitrogen and oxygen atoms in total. The summed E-state index contributed by atoms with van der Waals surface area (Å²) in [7, 11) is -12.6. The van der Waals surface area contributed by atoms with Gasteiger partial charge in [0.2, 0.25) is 0 Å². The monoisotopic (exact) mass is 499 g/mol. The SMILES string of the molecule is O=S(=O)(O)c1ccccc1[P+](c1ccccc1)(c1ccccc1)c1ccccc1S(=O)(=O)O. The van der Waals surface area contributed by atoms with Crippen molar-refractivity contribution >= 4 is 48.7 Å². The Kier molecular flexibility index (Phi) is 6.22. The van der Waals surface area contributed by atoms with E-state index in [1.54, 1.807) is 84.9 Å². The molecule has 4 rings (SSSR count). The Labute approximate surface area is 193 Å². The van der Waals surface area contributed by atoms with Gasteiger partial charge in [0, 0.05) is 0 Å². The Morgan fingerprint density at radius 2 is 0.758 bits per heavy atom. The Morgan fingerprint density at radius 3 is 1.09 bits per heavy atom. The first kappa shape index (κ1) is 23.3. The number of benzene rings is 4. The summed E-state index contributed by atoms with van der Waals surface area (Å²) in [5.74, 6) is 0. The number of rotatable bonds is 6. The molecular formula is C24H20O6PS2+. The predicted octanol–water partition coefficient (Wildman–Crippen LogP) is 2.80. The van der Waals surface area contributed by atoms with Gasteiger partial charge < -0.3 is 0 Å². The van der Waals surface area contributed by atoms with Crippen LogP contribution >= 0.6 is 7.26 Å². The van der Waals surface area contributed by atoms with Gasteiger partial charge >= 0.3 is 0 Å². The van der Waals surface area contributed by atoms with Crippen LogP contribution in [0.15, 0.2) is 119 Å². The summed E-state index contributed by atoms with van der Waals surface area (Å²) in [6, 6.07) is 29.9. The highest BCUT2D eigenvalue weighted by Crippen LogP contribution is 2.56. The molecule has 0 spiro atoms. The van der Waals surface area contributed by atoms with Crippen molar-refractivity contribution in [3.8, 4) is 0 Å². The fourth-order valence-corrected chi connectivity index (χ4v) is 11.1. The number of hydrogen-bond acceptors (Lipinski definition) is 4. The molecule has 0 bridgehead atoms. The van der Waals surface area contributed by atoms with E-state index in [2.05, 4.69) is 0 Å². The standard InChI is InChI=1S/C24H19O6PS2/c25-32(26,27)23-17-9-7-15-21(23)31(19-11-3-1-4-12-19,20-13-5-2-6-14-20)22-16-8-10-18-24(22)33(28,29)30/h1-18H,(H-,25,26,27,28,29,30)/p+1. The van der Waals surface area contributed by atoms with Gasteiger partial charge in [0.25, 0.3) is 20.2 Å².